The van der Waals surface area contributed by atoms with Gasteiger partial charge in [-0.2, -0.15) is 0 Å². The quantitative estimate of drug-likeness (QED) is 0.885. The van der Waals surface area contributed by atoms with E-state index in [9.17, 15) is 4.39 Å². The predicted molar refractivity (Wildman–Crippen MR) is 83.2 cm³/mol. The Bertz CT molecular complexity index is 586. The molecule has 0 aliphatic rings. The number of aromatic nitrogens is 1. The highest BCUT2D eigenvalue weighted by atomic mass is 79.9. The summed E-state index contributed by atoms with van der Waals surface area (Å²) in [5.74, 6) is -0.231. The molecule has 1 atom stereocenters. The zero-order chi connectivity index (χ0) is 14.5. The van der Waals surface area contributed by atoms with Crippen LogP contribution < -0.4 is 5.32 Å². The Kier molecular flexibility index (Phi) is 5.26. The molecule has 0 spiro atoms. The van der Waals surface area contributed by atoms with Crippen molar-refractivity contribution in [3.8, 4) is 0 Å². The van der Waals surface area contributed by atoms with Crippen LogP contribution in [0.25, 0.3) is 0 Å². The number of hydrogen-bond acceptors (Lipinski definition) is 2. The maximum Gasteiger partial charge on any atom is 0.137 e. The maximum absolute atomic E-state index is 13.3. The number of halogens is 2. The summed E-state index contributed by atoms with van der Waals surface area (Å²) < 4.78 is 13.8. The summed E-state index contributed by atoms with van der Waals surface area (Å²) >= 11 is 3.24. The van der Waals surface area contributed by atoms with Crippen LogP contribution in [0, 0.1) is 12.7 Å². The molecular formula is C16H18BrFN2. The van der Waals surface area contributed by atoms with E-state index < -0.39 is 0 Å². The molecule has 0 saturated heterocycles. The van der Waals surface area contributed by atoms with Crippen molar-refractivity contribution < 1.29 is 4.39 Å². The van der Waals surface area contributed by atoms with Gasteiger partial charge in [-0.3, -0.25) is 4.98 Å². The standard InChI is InChI=1S/C16H18BrFN2/c1-3-20-16(13-6-11(2)9-19-10-13)8-12-4-5-15(18)14(17)7-12/h4-7,9-10,16,20H,3,8H2,1-2H3. The molecule has 4 heteroatoms. The Morgan fingerprint density at radius 1 is 1.30 bits per heavy atom. The maximum atomic E-state index is 13.3. The first-order valence-electron chi connectivity index (χ1n) is 6.69. The third-order valence-electron chi connectivity index (χ3n) is 3.17. The van der Waals surface area contributed by atoms with E-state index in [0.717, 1.165) is 29.7 Å². The van der Waals surface area contributed by atoms with Gasteiger partial charge in [0, 0.05) is 18.4 Å². The normalized spacial score (nSPS) is 12.4. The third kappa shape index (κ3) is 3.87. The van der Waals surface area contributed by atoms with Crippen LogP contribution in [-0.4, -0.2) is 11.5 Å². The van der Waals surface area contributed by atoms with Crippen LogP contribution in [-0.2, 0) is 6.42 Å². The second kappa shape index (κ2) is 6.95. The molecule has 1 unspecified atom stereocenters. The van der Waals surface area contributed by atoms with Gasteiger partial charge in [-0.05, 0) is 64.6 Å². The van der Waals surface area contributed by atoms with Crippen molar-refractivity contribution >= 4 is 15.9 Å². The molecule has 1 heterocycles. The number of nitrogens with zero attached hydrogens (tertiary/aromatic N) is 1. The molecule has 0 saturated carbocycles. The van der Waals surface area contributed by atoms with Gasteiger partial charge in [-0.15, -0.1) is 0 Å². The van der Waals surface area contributed by atoms with Crippen molar-refractivity contribution in [1.29, 1.82) is 0 Å². The molecule has 1 aromatic heterocycles. The van der Waals surface area contributed by atoms with E-state index in [1.165, 1.54) is 6.07 Å². The minimum absolute atomic E-state index is 0.185. The van der Waals surface area contributed by atoms with Crippen molar-refractivity contribution in [3.63, 3.8) is 0 Å². The fourth-order valence-electron chi connectivity index (χ4n) is 2.23. The lowest BCUT2D eigenvalue weighted by molar-refractivity contribution is 0.546. The number of rotatable bonds is 5. The van der Waals surface area contributed by atoms with Crippen LogP contribution in [0.5, 0.6) is 0 Å². The van der Waals surface area contributed by atoms with Gasteiger partial charge < -0.3 is 5.32 Å². The van der Waals surface area contributed by atoms with E-state index >= 15 is 0 Å². The zero-order valence-electron chi connectivity index (χ0n) is 11.7. The van der Waals surface area contributed by atoms with Gasteiger partial charge in [0.05, 0.1) is 4.47 Å². The molecule has 106 valence electrons. The molecule has 2 rings (SSSR count). The summed E-state index contributed by atoms with van der Waals surface area (Å²) in [6.07, 6.45) is 4.54. The van der Waals surface area contributed by atoms with E-state index in [-0.39, 0.29) is 11.9 Å². The number of pyridine rings is 1. The molecule has 1 N–H and O–H groups in total. The molecule has 20 heavy (non-hydrogen) atoms. The summed E-state index contributed by atoms with van der Waals surface area (Å²) in [7, 11) is 0. The van der Waals surface area contributed by atoms with Crippen molar-refractivity contribution in [2.24, 2.45) is 0 Å². The van der Waals surface area contributed by atoms with Crippen LogP contribution in [0.4, 0.5) is 4.39 Å². The molecule has 0 bridgehead atoms. The molecule has 2 aromatic rings. The van der Waals surface area contributed by atoms with E-state index in [1.54, 1.807) is 0 Å². The fraction of sp³-hybridized carbons (Fsp3) is 0.312. The van der Waals surface area contributed by atoms with E-state index in [4.69, 9.17) is 0 Å². The molecular weight excluding hydrogens is 319 g/mol. The zero-order valence-corrected chi connectivity index (χ0v) is 13.2. The summed E-state index contributed by atoms with van der Waals surface area (Å²) in [6.45, 7) is 4.99. The first kappa shape index (κ1) is 15.1. The van der Waals surface area contributed by atoms with Crippen molar-refractivity contribution in [2.75, 3.05) is 6.54 Å². The Labute approximate surface area is 127 Å². The first-order valence-corrected chi connectivity index (χ1v) is 7.48. The highest BCUT2D eigenvalue weighted by Crippen LogP contribution is 2.22. The van der Waals surface area contributed by atoms with Crippen molar-refractivity contribution in [1.82, 2.24) is 10.3 Å². The molecule has 0 amide bonds. The minimum Gasteiger partial charge on any atom is -0.310 e. The largest absolute Gasteiger partial charge is 0.310 e. The van der Waals surface area contributed by atoms with E-state index in [1.807, 2.05) is 31.5 Å². The average Bonchev–Trinajstić information content (AvgIpc) is 2.42. The minimum atomic E-state index is -0.231. The highest BCUT2D eigenvalue weighted by molar-refractivity contribution is 9.10. The number of likely N-dealkylation sites (N-methyl/N-ethyl adjacent to an activating group) is 1. The fourth-order valence-corrected chi connectivity index (χ4v) is 2.65. The lowest BCUT2D eigenvalue weighted by Crippen LogP contribution is -2.23. The number of nitrogens with one attached hydrogen (secondary N) is 1. The third-order valence-corrected chi connectivity index (χ3v) is 3.78. The Morgan fingerprint density at radius 2 is 2.10 bits per heavy atom. The summed E-state index contributed by atoms with van der Waals surface area (Å²) in [5.41, 5.74) is 3.39. The Balaban J connectivity index is 2.22. The smallest absolute Gasteiger partial charge is 0.137 e. The molecule has 2 nitrogen and oxygen atoms in total. The summed E-state index contributed by atoms with van der Waals surface area (Å²) in [4.78, 5) is 4.25. The SMILES string of the molecule is CCNC(Cc1ccc(F)c(Br)c1)c1cncc(C)c1. The van der Waals surface area contributed by atoms with Crippen LogP contribution in [0.3, 0.4) is 0 Å². The van der Waals surface area contributed by atoms with Gasteiger partial charge in [-0.25, -0.2) is 4.39 Å². The van der Waals surface area contributed by atoms with Crippen LogP contribution in [0.2, 0.25) is 0 Å². The lowest BCUT2D eigenvalue weighted by atomic mass is 9.99. The van der Waals surface area contributed by atoms with Crippen LogP contribution in [0.1, 0.15) is 29.7 Å². The van der Waals surface area contributed by atoms with Gasteiger partial charge >= 0.3 is 0 Å². The second-order valence-electron chi connectivity index (χ2n) is 4.86. The van der Waals surface area contributed by atoms with Crippen molar-refractivity contribution in [2.45, 2.75) is 26.3 Å². The molecule has 0 aliphatic carbocycles. The first-order chi connectivity index (χ1) is 9.60. The van der Waals surface area contributed by atoms with Gasteiger partial charge in [0.25, 0.3) is 0 Å². The summed E-state index contributed by atoms with van der Waals surface area (Å²) in [6, 6.07) is 7.48. The Morgan fingerprint density at radius 3 is 2.75 bits per heavy atom. The van der Waals surface area contributed by atoms with E-state index in [2.05, 4.69) is 39.2 Å². The van der Waals surface area contributed by atoms with Gasteiger partial charge in [0.2, 0.25) is 0 Å². The number of hydrogen-bond donors (Lipinski definition) is 1. The number of aryl methyl sites for hydroxylation is 1. The topological polar surface area (TPSA) is 24.9 Å². The molecule has 0 fully saturated rings. The molecule has 1 aromatic carbocycles. The highest BCUT2D eigenvalue weighted by Gasteiger charge is 2.12. The predicted octanol–water partition coefficient (Wildman–Crippen LogP) is 4.18. The summed E-state index contributed by atoms with van der Waals surface area (Å²) in [5, 5.41) is 3.46. The van der Waals surface area contributed by atoms with E-state index in [0.29, 0.717) is 4.47 Å². The monoisotopic (exact) mass is 336 g/mol. The average molecular weight is 337 g/mol. The lowest BCUT2D eigenvalue weighted by Gasteiger charge is -2.19. The van der Waals surface area contributed by atoms with Gasteiger partial charge in [0.1, 0.15) is 5.82 Å². The van der Waals surface area contributed by atoms with Crippen LogP contribution in [0.15, 0.2) is 41.1 Å². The Hall–Kier alpha value is -1.26. The van der Waals surface area contributed by atoms with Gasteiger partial charge in [-0.1, -0.05) is 19.1 Å². The second-order valence-corrected chi connectivity index (χ2v) is 5.71. The molecule has 0 aliphatic heterocycles. The van der Waals surface area contributed by atoms with Crippen LogP contribution >= 0.6 is 15.9 Å². The van der Waals surface area contributed by atoms with Gasteiger partial charge in [0.15, 0.2) is 0 Å². The van der Waals surface area contributed by atoms with Crippen molar-refractivity contribution in [3.05, 3.63) is 63.6 Å². The number of benzene rings is 1. The molecule has 0 radical (unpaired) electrons.